The highest BCUT2D eigenvalue weighted by atomic mass is 16.5. The van der Waals surface area contributed by atoms with Crippen molar-refractivity contribution < 1.29 is 19.1 Å². The molecular weight excluding hydrogens is 458 g/mol. The molecule has 0 spiro atoms. The Hall–Kier alpha value is -4.40. The molecule has 9 nitrogen and oxygen atoms in total. The SMILES string of the molecule is COc1ccc(C(=O)Nc2ccc(C(C)(C)CCNC(=O)c3cnc4nc[nH]c4c3)cc2)cc1OC. The smallest absolute Gasteiger partial charge is 0.255 e. The van der Waals surface area contributed by atoms with Crippen LogP contribution in [0.4, 0.5) is 5.69 Å². The molecule has 0 saturated carbocycles. The van der Waals surface area contributed by atoms with Crippen LogP contribution in [0.3, 0.4) is 0 Å². The molecule has 4 aromatic rings. The summed E-state index contributed by atoms with van der Waals surface area (Å²) < 4.78 is 10.5. The fourth-order valence-corrected chi connectivity index (χ4v) is 3.87. The van der Waals surface area contributed by atoms with Crippen molar-refractivity contribution in [2.24, 2.45) is 0 Å². The van der Waals surface area contributed by atoms with Gasteiger partial charge in [-0.1, -0.05) is 26.0 Å². The summed E-state index contributed by atoms with van der Waals surface area (Å²) in [5.74, 6) is 0.635. The number of H-pyrrole nitrogens is 1. The van der Waals surface area contributed by atoms with Crippen LogP contribution >= 0.6 is 0 Å². The van der Waals surface area contributed by atoms with Gasteiger partial charge in [-0.2, -0.15) is 0 Å². The predicted octanol–water partition coefficient (Wildman–Crippen LogP) is 4.33. The zero-order valence-corrected chi connectivity index (χ0v) is 20.7. The van der Waals surface area contributed by atoms with Gasteiger partial charge in [0.15, 0.2) is 17.1 Å². The molecule has 2 amide bonds. The third-order valence-electron chi connectivity index (χ3n) is 6.14. The van der Waals surface area contributed by atoms with E-state index in [1.54, 1.807) is 37.7 Å². The number of pyridine rings is 1. The van der Waals surface area contributed by atoms with Crippen molar-refractivity contribution in [2.45, 2.75) is 25.7 Å². The van der Waals surface area contributed by atoms with Gasteiger partial charge < -0.3 is 25.1 Å². The molecule has 0 fully saturated rings. The number of hydrogen-bond donors (Lipinski definition) is 3. The quantitative estimate of drug-likeness (QED) is 0.324. The maximum absolute atomic E-state index is 12.7. The number of nitrogens with zero attached hydrogens (tertiary/aromatic N) is 2. The summed E-state index contributed by atoms with van der Waals surface area (Å²) in [5.41, 5.74) is 3.85. The topological polar surface area (TPSA) is 118 Å². The molecule has 9 heteroatoms. The molecule has 2 aromatic heterocycles. The van der Waals surface area contributed by atoms with Gasteiger partial charge in [-0.05, 0) is 53.8 Å². The Balaban J connectivity index is 1.33. The van der Waals surface area contributed by atoms with Crippen LogP contribution in [0.5, 0.6) is 11.5 Å². The van der Waals surface area contributed by atoms with Crippen molar-refractivity contribution in [3.05, 3.63) is 77.7 Å². The fourth-order valence-electron chi connectivity index (χ4n) is 3.87. The summed E-state index contributed by atoms with van der Waals surface area (Å²) in [6.45, 7) is 4.74. The number of benzene rings is 2. The van der Waals surface area contributed by atoms with Crippen LogP contribution in [0.15, 0.2) is 61.1 Å². The van der Waals surface area contributed by atoms with Crippen LogP contribution in [-0.2, 0) is 5.41 Å². The lowest BCUT2D eigenvalue weighted by Gasteiger charge is -2.25. The maximum Gasteiger partial charge on any atom is 0.255 e. The average Bonchev–Trinajstić information content (AvgIpc) is 3.36. The van der Waals surface area contributed by atoms with Gasteiger partial charge in [-0.25, -0.2) is 9.97 Å². The number of amides is 2. The van der Waals surface area contributed by atoms with Crippen LogP contribution < -0.4 is 20.1 Å². The van der Waals surface area contributed by atoms with Gasteiger partial charge in [-0.3, -0.25) is 9.59 Å². The van der Waals surface area contributed by atoms with Crippen molar-refractivity contribution >= 4 is 28.7 Å². The molecule has 4 rings (SSSR count). The standard InChI is InChI=1S/C27H29N5O4/c1-27(2,11-12-28-25(33)18-13-21-24(29-15-18)31-16-30-21)19-6-8-20(9-7-19)32-26(34)17-5-10-22(35-3)23(14-17)36-4/h5-10,13-16H,11-12H2,1-4H3,(H,28,33)(H,32,34)(H,29,30,31). The van der Waals surface area contributed by atoms with E-state index in [0.717, 1.165) is 17.5 Å². The van der Waals surface area contributed by atoms with Crippen LogP contribution in [0.25, 0.3) is 11.2 Å². The Labute approximate surface area is 209 Å². The molecular formula is C27H29N5O4. The minimum atomic E-state index is -0.242. The first-order valence-electron chi connectivity index (χ1n) is 11.5. The molecule has 3 N–H and O–H groups in total. The number of fused-ring (bicyclic) bond motifs is 1. The van der Waals surface area contributed by atoms with E-state index in [0.29, 0.717) is 40.5 Å². The molecule has 36 heavy (non-hydrogen) atoms. The second kappa shape index (κ2) is 10.5. The van der Waals surface area contributed by atoms with Gasteiger partial charge in [0, 0.05) is 24.0 Å². The molecule has 0 radical (unpaired) electrons. The average molecular weight is 488 g/mol. The lowest BCUT2D eigenvalue weighted by Crippen LogP contribution is -2.30. The Morgan fingerprint density at radius 3 is 2.39 bits per heavy atom. The molecule has 186 valence electrons. The van der Waals surface area contributed by atoms with Crippen LogP contribution in [0, 0.1) is 0 Å². The first-order valence-corrected chi connectivity index (χ1v) is 11.5. The highest BCUT2D eigenvalue weighted by molar-refractivity contribution is 6.04. The number of ether oxygens (including phenoxy) is 2. The maximum atomic E-state index is 12.7. The molecule has 0 aliphatic heterocycles. The highest BCUT2D eigenvalue weighted by Crippen LogP contribution is 2.29. The third-order valence-corrected chi connectivity index (χ3v) is 6.14. The van der Waals surface area contributed by atoms with Crippen LogP contribution in [-0.4, -0.2) is 47.5 Å². The van der Waals surface area contributed by atoms with Gasteiger partial charge in [0.25, 0.3) is 11.8 Å². The Bertz CT molecular complexity index is 1380. The Kier molecular flexibility index (Phi) is 7.19. The minimum Gasteiger partial charge on any atom is -0.493 e. The van der Waals surface area contributed by atoms with Gasteiger partial charge in [0.2, 0.25) is 0 Å². The van der Waals surface area contributed by atoms with E-state index in [2.05, 4.69) is 39.4 Å². The van der Waals surface area contributed by atoms with E-state index in [-0.39, 0.29) is 17.2 Å². The van der Waals surface area contributed by atoms with Crippen molar-refractivity contribution in [1.82, 2.24) is 20.3 Å². The van der Waals surface area contributed by atoms with E-state index in [4.69, 9.17) is 9.47 Å². The third kappa shape index (κ3) is 5.46. The van der Waals surface area contributed by atoms with Gasteiger partial charge in [0.05, 0.1) is 31.6 Å². The summed E-state index contributed by atoms with van der Waals surface area (Å²) >= 11 is 0. The zero-order chi connectivity index (χ0) is 25.7. The monoisotopic (exact) mass is 487 g/mol. The molecule has 0 aliphatic rings. The lowest BCUT2D eigenvalue weighted by atomic mass is 9.81. The van der Waals surface area contributed by atoms with Crippen molar-refractivity contribution in [1.29, 1.82) is 0 Å². The van der Waals surface area contributed by atoms with E-state index in [9.17, 15) is 9.59 Å². The summed E-state index contributed by atoms with van der Waals surface area (Å²) in [4.78, 5) is 36.4. The van der Waals surface area contributed by atoms with E-state index in [1.165, 1.54) is 13.3 Å². The number of aromatic amines is 1. The Morgan fingerprint density at radius 2 is 1.67 bits per heavy atom. The largest absolute Gasteiger partial charge is 0.493 e. The number of carbonyl (C=O) groups excluding carboxylic acids is 2. The van der Waals surface area contributed by atoms with Crippen LogP contribution in [0.2, 0.25) is 0 Å². The van der Waals surface area contributed by atoms with Gasteiger partial charge in [-0.15, -0.1) is 0 Å². The number of hydrogen-bond acceptors (Lipinski definition) is 6. The molecule has 2 aromatic carbocycles. The molecule has 0 aliphatic carbocycles. The second-order valence-corrected chi connectivity index (χ2v) is 8.99. The number of aromatic nitrogens is 3. The van der Waals surface area contributed by atoms with Crippen molar-refractivity contribution in [3.63, 3.8) is 0 Å². The predicted molar refractivity (Wildman–Crippen MR) is 138 cm³/mol. The normalized spacial score (nSPS) is 11.2. The number of imidazole rings is 1. The van der Waals surface area contributed by atoms with E-state index >= 15 is 0 Å². The molecule has 0 atom stereocenters. The fraction of sp³-hybridized carbons (Fsp3) is 0.259. The van der Waals surface area contributed by atoms with Crippen LogP contribution in [0.1, 0.15) is 46.5 Å². The number of carbonyl (C=O) groups is 2. The zero-order valence-electron chi connectivity index (χ0n) is 20.7. The number of methoxy groups -OCH3 is 2. The van der Waals surface area contributed by atoms with Gasteiger partial charge in [0.1, 0.15) is 0 Å². The Morgan fingerprint density at radius 1 is 0.917 bits per heavy atom. The number of nitrogens with one attached hydrogen (secondary N) is 3. The summed E-state index contributed by atoms with van der Waals surface area (Å²) in [7, 11) is 3.08. The van der Waals surface area contributed by atoms with Crippen molar-refractivity contribution in [2.75, 3.05) is 26.1 Å². The van der Waals surface area contributed by atoms with E-state index < -0.39 is 0 Å². The summed E-state index contributed by atoms with van der Waals surface area (Å²) in [6, 6.07) is 14.5. The second-order valence-electron chi connectivity index (χ2n) is 8.99. The molecule has 0 saturated heterocycles. The summed E-state index contributed by atoms with van der Waals surface area (Å²) in [6.07, 6.45) is 3.81. The molecule has 0 unspecified atom stereocenters. The number of rotatable bonds is 9. The van der Waals surface area contributed by atoms with E-state index in [1.807, 2.05) is 24.3 Å². The lowest BCUT2D eigenvalue weighted by molar-refractivity contribution is 0.0950. The summed E-state index contributed by atoms with van der Waals surface area (Å²) in [5, 5.41) is 5.87. The first kappa shape index (κ1) is 24.7. The highest BCUT2D eigenvalue weighted by Gasteiger charge is 2.21. The van der Waals surface area contributed by atoms with Gasteiger partial charge >= 0.3 is 0 Å². The molecule has 0 bridgehead atoms. The van der Waals surface area contributed by atoms with Crippen molar-refractivity contribution in [3.8, 4) is 11.5 Å². The first-order chi connectivity index (χ1) is 17.3. The minimum absolute atomic E-state index is 0.178. The number of anilines is 1. The molecule has 2 heterocycles.